The van der Waals surface area contributed by atoms with Crippen LogP contribution in [-0.4, -0.2) is 31.5 Å². The summed E-state index contributed by atoms with van der Waals surface area (Å²) in [7, 11) is -2.98. The maximum Gasteiger partial charge on any atom is 0.333 e. The summed E-state index contributed by atoms with van der Waals surface area (Å²) in [5.41, 5.74) is 3.58. The number of nitrogens with one attached hydrogen (secondary N) is 2. The monoisotopic (exact) mass is 406 g/mol. The molecule has 0 aliphatic carbocycles. The molecular weight excluding hydrogens is 380 g/mol. The second-order valence-electron chi connectivity index (χ2n) is 7.06. The normalized spacial score (nSPS) is 11.6. The van der Waals surface area contributed by atoms with E-state index in [1.165, 1.54) is 19.5 Å². The van der Waals surface area contributed by atoms with Gasteiger partial charge in [-0.15, -0.1) is 0 Å². The number of sulfonamides is 1. The fourth-order valence-electron chi connectivity index (χ4n) is 2.84. The Morgan fingerprint density at radius 2 is 1.57 bits per heavy atom. The van der Waals surface area contributed by atoms with Crippen LogP contribution in [0.15, 0.2) is 29.6 Å². The van der Waals surface area contributed by atoms with Crippen molar-refractivity contribution in [1.82, 2.24) is 14.7 Å². The molecule has 0 saturated carbocycles. The molecule has 2 rings (SSSR count). The minimum Gasteiger partial charge on any atom is -0.479 e. The van der Waals surface area contributed by atoms with Gasteiger partial charge in [-0.1, -0.05) is 45.4 Å². The highest BCUT2D eigenvalue weighted by Gasteiger charge is 2.26. The number of nitrogens with zero attached hydrogens (tertiary/aromatic N) is 2. The van der Waals surface area contributed by atoms with E-state index in [4.69, 9.17) is 4.74 Å². The van der Waals surface area contributed by atoms with Crippen molar-refractivity contribution in [3.8, 4) is 5.88 Å². The Balaban J connectivity index is 2.38. The molecule has 1 aromatic carbocycles. The lowest BCUT2D eigenvalue weighted by molar-refractivity contribution is 0.256. The molecule has 9 heteroatoms. The van der Waals surface area contributed by atoms with Crippen molar-refractivity contribution in [2.75, 3.05) is 12.4 Å². The Kier molecular flexibility index (Phi) is 6.60. The molecule has 2 N–H and O–H groups in total. The van der Waals surface area contributed by atoms with Crippen molar-refractivity contribution in [3.63, 3.8) is 0 Å². The van der Waals surface area contributed by atoms with Crippen molar-refractivity contribution in [3.05, 3.63) is 41.2 Å². The van der Waals surface area contributed by atoms with Gasteiger partial charge in [0.25, 0.3) is 15.9 Å². The van der Waals surface area contributed by atoms with Gasteiger partial charge < -0.3 is 10.1 Å². The van der Waals surface area contributed by atoms with Crippen LogP contribution in [-0.2, 0) is 10.0 Å². The molecule has 2 aromatic rings. The molecule has 28 heavy (non-hydrogen) atoms. The minimum absolute atomic E-state index is 0.143. The Morgan fingerprint density at radius 1 is 1.04 bits per heavy atom. The van der Waals surface area contributed by atoms with Gasteiger partial charge in [-0.05, 0) is 29.9 Å². The number of amides is 2. The molecule has 1 heterocycles. The predicted octanol–water partition coefficient (Wildman–Crippen LogP) is 3.55. The summed E-state index contributed by atoms with van der Waals surface area (Å²) in [6, 6.07) is 3.11. The number of anilines is 1. The van der Waals surface area contributed by atoms with Gasteiger partial charge >= 0.3 is 6.03 Å². The van der Waals surface area contributed by atoms with E-state index in [1.54, 1.807) is 0 Å². The average molecular weight is 407 g/mol. The van der Waals surface area contributed by atoms with Crippen LogP contribution in [0.5, 0.6) is 5.88 Å². The molecule has 152 valence electrons. The van der Waals surface area contributed by atoms with Crippen LogP contribution < -0.4 is 14.8 Å². The third-order valence-electron chi connectivity index (χ3n) is 4.13. The lowest BCUT2D eigenvalue weighted by Crippen LogP contribution is -2.35. The third-order valence-corrected chi connectivity index (χ3v) is 5.38. The van der Waals surface area contributed by atoms with Crippen molar-refractivity contribution in [2.45, 2.75) is 51.5 Å². The molecule has 0 fully saturated rings. The number of hydrogen-bond acceptors (Lipinski definition) is 6. The van der Waals surface area contributed by atoms with Gasteiger partial charge in [0.15, 0.2) is 0 Å². The number of benzene rings is 1. The molecular formula is C19H26N4O4S. The molecule has 1 aromatic heterocycles. The lowest BCUT2D eigenvalue weighted by atomic mass is 9.90. The zero-order chi connectivity index (χ0) is 21.1. The van der Waals surface area contributed by atoms with Crippen LogP contribution in [0.25, 0.3) is 0 Å². The zero-order valence-corrected chi connectivity index (χ0v) is 17.7. The van der Waals surface area contributed by atoms with Gasteiger partial charge in [0, 0.05) is 18.1 Å². The largest absolute Gasteiger partial charge is 0.479 e. The van der Waals surface area contributed by atoms with Gasteiger partial charge in [-0.3, -0.25) is 0 Å². The topological polar surface area (TPSA) is 110 Å². The highest BCUT2D eigenvalue weighted by Crippen LogP contribution is 2.33. The predicted molar refractivity (Wildman–Crippen MR) is 107 cm³/mol. The van der Waals surface area contributed by atoms with E-state index in [-0.39, 0.29) is 17.7 Å². The molecule has 2 amide bonds. The van der Waals surface area contributed by atoms with E-state index in [0.717, 1.165) is 16.7 Å². The van der Waals surface area contributed by atoms with Crippen LogP contribution in [0.3, 0.4) is 0 Å². The van der Waals surface area contributed by atoms with E-state index in [2.05, 4.69) is 15.3 Å². The molecule has 0 radical (unpaired) electrons. The van der Waals surface area contributed by atoms with Crippen LogP contribution in [0, 0.1) is 6.92 Å². The van der Waals surface area contributed by atoms with Crippen LogP contribution >= 0.6 is 0 Å². The molecule has 0 unspecified atom stereocenters. The van der Waals surface area contributed by atoms with E-state index in [1.807, 2.05) is 51.5 Å². The zero-order valence-electron chi connectivity index (χ0n) is 16.9. The van der Waals surface area contributed by atoms with Gasteiger partial charge in [0.1, 0.15) is 0 Å². The van der Waals surface area contributed by atoms with Gasteiger partial charge in [-0.25, -0.2) is 19.5 Å². The number of ether oxygens (including phenoxy) is 1. The van der Waals surface area contributed by atoms with Crippen molar-refractivity contribution in [2.24, 2.45) is 0 Å². The van der Waals surface area contributed by atoms with Crippen molar-refractivity contribution < 1.29 is 17.9 Å². The third kappa shape index (κ3) is 4.78. The van der Waals surface area contributed by atoms with E-state index in [9.17, 15) is 13.2 Å². The smallest absolute Gasteiger partial charge is 0.333 e. The molecule has 0 atom stereocenters. The summed E-state index contributed by atoms with van der Waals surface area (Å²) in [5.74, 6) is 0.0951. The summed E-state index contributed by atoms with van der Waals surface area (Å²) in [6.07, 6.45) is 2.51. The molecule has 0 aliphatic rings. The lowest BCUT2D eigenvalue weighted by Gasteiger charge is -2.21. The Hall–Kier alpha value is -2.68. The highest BCUT2D eigenvalue weighted by molar-refractivity contribution is 7.90. The maximum atomic E-state index is 12.5. The van der Waals surface area contributed by atoms with E-state index >= 15 is 0 Å². The number of aromatic nitrogens is 2. The SMILES string of the molecule is COc1nccnc1S(=O)(=O)NC(=O)Nc1c(C(C)C)cc(C)cc1C(C)C. The average Bonchev–Trinajstić information content (AvgIpc) is 2.61. The van der Waals surface area contributed by atoms with Crippen molar-refractivity contribution >= 4 is 21.7 Å². The van der Waals surface area contributed by atoms with E-state index in [0.29, 0.717) is 5.69 Å². The first-order chi connectivity index (χ1) is 13.1. The molecule has 0 spiro atoms. The second kappa shape index (κ2) is 8.55. The quantitative estimate of drug-likeness (QED) is 0.759. The first-order valence-corrected chi connectivity index (χ1v) is 10.4. The summed E-state index contributed by atoms with van der Waals surface area (Å²) >= 11 is 0. The summed E-state index contributed by atoms with van der Waals surface area (Å²) in [4.78, 5) is 20.1. The number of urea groups is 1. The molecule has 0 aliphatic heterocycles. The molecule has 8 nitrogen and oxygen atoms in total. The Bertz CT molecular complexity index is 943. The Morgan fingerprint density at radius 3 is 2.07 bits per heavy atom. The number of aryl methyl sites for hydroxylation is 1. The highest BCUT2D eigenvalue weighted by atomic mass is 32.2. The standard InChI is InChI=1S/C19H26N4O4S/c1-11(2)14-9-13(5)10-15(12(3)4)16(14)22-19(24)23-28(25,26)18-17(27-6)20-7-8-21-18/h7-12H,1-6H3,(H2,22,23,24). The fourth-order valence-corrected chi connectivity index (χ4v) is 3.80. The van der Waals surface area contributed by atoms with Crippen molar-refractivity contribution in [1.29, 1.82) is 0 Å². The van der Waals surface area contributed by atoms with E-state index < -0.39 is 21.1 Å². The fraction of sp³-hybridized carbons (Fsp3) is 0.421. The van der Waals surface area contributed by atoms with Crippen LogP contribution in [0.2, 0.25) is 0 Å². The number of rotatable bonds is 6. The minimum atomic E-state index is -4.26. The summed E-state index contributed by atoms with van der Waals surface area (Å²) in [5, 5.41) is 2.26. The second-order valence-corrected chi connectivity index (χ2v) is 8.66. The summed E-state index contributed by atoms with van der Waals surface area (Å²) in [6.45, 7) is 10.1. The van der Waals surface area contributed by atoms with Crippen LogP contribution in [0.1, 0.15) is 56.2 Å². The van der Waals surface area contributed by atoms with Crippen LogP contribution in [0.4, 0.5) is 10.5 Å². The van der Waals surface area contributed by atoms with Gasteiger partial charge in [-0.2, -0.15) is 8.42 Å². The van der Waals surface area contributed by atoms with Gasteiger partial charge in [0.05, 0.1) is 7.11 Å². The number of carbonyl (C=O) groups excluding carboxylic acids is 1. The first-order valence-electron chi connectivity index (χ1n) is 8.90. The molecule has 0 bridgehead atoms. The summed E-state index contributed by atoms with van der Waals surface area (Å²) < 4.78 is 32.0. The Labute approximate surface area is 165 Å². The van der Waals surface area contributed by atoms with Gasteiger partial charge in [0.2, 0.25) is 5.03 Å². The number of hydrogen-bond donors (Lipinski definition) is 2. The molecule has 0 saturated heterocycles. The first kappa shape index (κ1) is 21.6. The number of carbonyl (C=O) groups is 1. The maximum absolute atomic E-state index is 12.5. The number of methoxy groups -OCH3 is 1.